The third-order valence-corrected chi connectivity index (χ3v) is 3.20. The number of hydrogen-bond acceptors (Lipinski definition) is 6. The van der Waals surface area contributed by atoms with Gasteiger partial charge in [0.2, 0.25) is 0 Å². The highest BCUT2D eigenvalue weighted by Crippen LogP contribution is 2.03. The fourth-order valence-electron chi connectivity index (χ4n) is 1.82. The molecule has 0 amide bonds. The molecule has 6 nitrogen and oxygen atoms in total. The highest BCUT2D eigenvalue weighted by molar-refractivity contribution is 5.69. The molecule has 2 N–H and O–H groups in total. The van der Waals surface area contributed by atoms with E-state index in [4.69, 9.17) is 19.7 Å². The van der Waals surface area contributed by atoms with Crippen LogP contribution in [0.15, 0.2) is 36.1 Å². The van der Waals surface area contributed by atoms with E-state index in [9.17, 15) is 9.59 Å². The minimum Gasteiger partial charge on any atom is -0.463 e. The first-order valence-corrected chi connectivity index (χ1v) is 9.61. The molecule has 0 bridgehead atoms. The predicted octanol–water partition coefficient (Wildman–Crippen LogP) is 2.81. The van der Waals surface area contributed by atoms with Crippen LogP contribution in [0.1, 0.15) is 52.4 Å². The van der Waals surface area contributed by atoms with Crippen molar-refractivity contribution in [2.45, 2.75) is 58.5 Å². The van der Waals surface area contributed by atoms with Gasteiger partial charge in [-0.1, -0.05) is 37.1 Å². The van der Waals surface area contributed by atoms with Gasteiger partial charge in [0.1, 0.15) is 12.7 Å². The van der Waals surface area contributed by atoms with E-state index >= 15 is 0 Å². The lowest BCUT2D eigenvalue weighted by atomic mass is 10.2. The van der Waals surface area contributed by atoms with Gasteiger partial charge < -0.3 is 19.7 Å². The van der Waals surface area contributed by atoms with Crippen LogP contribution in [-0.4, -0.2) is 41.5 Å². The van der Waals surface area contributed by atoms with Crippen LogP contribution in [-0.2, 0) is 19.1 Å². The van der Waals surface area contributed by atoms with E-state index in [1.807, 2.05) is 0 Å². The Hall–Kier alpha value is -2.80. The van der Waals surface area contributed by atoms with Crippen molar-refractivity contribution < 1.29 is 29.3 Å². The van der Waals surface area contributed by atoms with Crippen LogP contribution in [0, 0.1) is 23.7 Å². The first kappa shape index (κ1) is 26.2. The predicted molar refractivity (Wildman–Crippen MR) is 111 cm³/mol. The molecule has 0 saturated heterocycles. The van der Waals surface area contributed by atoms with E-state index in [1.165, 1.54) is 6.92 Å². The largest absolute Gasteiger partial charge is 0.463 e. The molecule has 0 aromatic rings. The van der Waals surface area contributed by atoms with Gasteiger partial charge in [-0.2, -0.15) is 0 Å². The van der Waals surface area contributed by atoms with Crippen LogP contribution in [0.3, 0.4) is 0 Å². The highest BCUT2D eigenvalue weighted by Gasteiger charge is 2.06. The van der Waals surface area contributed by atoms with E-state index in [-0.39, 0.29) is 25.2 Å². The number of rotatable bonds is 12. The third-order valence-electron chi connectivity index (χ3n) is 3.20. The first-order valence-electron chi connectivity index (χ1n) is 9.61. The van der Waals surface area contributed by atoms with E-state index in [1.54, 1.807) is 6.08 Å². The summed E-state index contributed by atoms with van der Waals surface area (Å²) in [4.78, 5) is 22.5. The topological polar surface area (TPSA) is 93.1 Å². The van der Waals surface area contributed by atoms with Crippen molar-refractivity contribution in [1.29, 1.82) is 0 Å². The highest BCUT2D eigenvalue weighted by atomic mass is 16.5. The standard InChI is InChI=1S/C23H30O6/c1-3-4-5-6-7-8-9-12-15-22(29-20(2)25)16-13-10-11-14-17-23(27)28-19-21(26)18-24/h4-5,7-8,15,21,24,26H,3,6,9,12,14,17-19H2,1-2H3/b5-4-,8-7-,22-15+/t21-/m0/s1. The molecule has 0 aliphatic carbocycles. The van der Waals surface area contributed by atoms with Crippen molar-refractivity contribution in [2.75, 3.05) is 13.2 Å². The van der Waals surface area contributed by atoms with E-state index in [2.05, 4.69) is 54.9 Å². The number of hydrogen-bond donors (Lipinski definition) is 2. The molecule has 158 valence electrons. The van der Waals surface area contributed by atoms with Crippen LogP contribution < -0.4 is 0 Å². The van der Waals surface area contributed by atoms with Crippen LogP contribution >= 0.6 is 0 Å². The molecule has 0 unspecified atom stereocenters. The second kappa shape index (κ2) is 18.6. The Balaban J connectivity index is 4.40. The Morgan fingerprint density at radius 3 is 2.55 bits per heavy atom. The Bertz CT molecular complexity index is 694. The first-order chi connectivity index (χ1) is 14.0. The van der Waals surface area contributed by atoms with Gasteiger partial charge in [0, 0.05) is 13.3 Å². The van der Waals surface area contributed by atoms with Crippen molar-refractivity contribution in [1.82, 2.24) is 0 Å². The van der Waals surface area contributed by atoms with Crippen molar-refractivity contribution in [3.8, 4) is 23.7 Å². The van der Waals surface area contributed by atoms with Gasteiger partial charge in [0.25, 0.3) is 0 Å². The van der Waals surface area contributed by atoms with Gasteiger partial charge in [-0.3, -0.25) is 9.59 Å². The van der Waals surface area contributed by atoms with Gasteiger partial charge in [-0.15, -0.1) is 0 Å². The van der Waals surface area contributed by atoms with Gasteiger partial charge in [-0.05, 0) is 49.5 Å². The molecule has 0 saturated carbocycles. The molecular weight excluding hydrogens is 372 g/mol. The molecule has 0 aliphatic rings. The summed E-state index contributed by atoms with van der Waals surface area (Å²) >= 11 is 0. The number of aliphatic hydroxyl groups is 2. The fourth-order valence-corrected chi connectivity index (χ4v) is 1.82. The number of carbonyl (C=O) groups is 2. The molecular formula is C23H30O6. The Morgan fingerprint density at radius 2 is 1.86 bits per heavy atom. The minimum absolute atomic E-state index is 0.0548. The number of unbranched alkanes of at least 4 members (excludes halogenated alkanes) is 1. The summed E-state index contributed by atoms with van der Waals surface area (Å²) in [5.41, 5.74) is 0. The Labute approximate surface area is 173 Å². The monoisotopic (exact) mass is 402 g/mol. The zero-order chi connectivity index (χ0) is 21.7. The quantitative estimate of drug-likeness (QED) is 0.171. The maximum atomic E-state index is 11.4. The van der Waals surface area contributed by atoms with Crippen LogP contribution in [0.25, 0.3) is 0 Å². The molecule has 0 heterocycles. The smallest absolute Gasteiger partial charge is 0.308 e. The zero-order valence-corrected chi connectivity index (χ0v) is 17.1. The lowest BCUT2D eigenvalue weighted by Gasteiger charge is -2.07. The molecule has 1 atom stereocenters. The summed E-state index contributed by atoms with van der Waals surface area (Å²) in [6.07, 6.45) is 12.8. The molecule has 0 rings (SSSR count). The zero-order valence-electron chi connectivity index (χ0n) is 17.1. The second-order valence-corrected chi connectivity index (χ2v) is 5.90. The number of esters is 2. The molecule has 29 heavy (non-hydrogen) atoms. The molecule has 0 aromatic carbocycles. The Kier molecular flexibility index (Phi) is 16.8. The van der Waals surface area contributed by atoms with E-state index < -0.39 is 24.6 Å². The second-order valence-electron chi connectivity index (χ2n) is 5.90. The summed E-state index contributed by atoms with van der Waals surface area (Å²) in [6, 6.07) is 0. The number of aliphatic hydroxyl groups excluding tert-OH is 2. The number of carbonyl (C=O) groups excluding carboxylic acids is 2. The number of allylic oxidation sites excluding steroid dienone is 6. The molecule has 0 spiro atoms. The summed E-state index contributed by atoms with van der Waals surface area (Å²) in [7, 11) is 0. The summed E-state index contributed by atoms with van der Waals surface area (Å²) < 4.78 is 9.79. The summed E-state index contributed by atoms with van der Waals surface area (Å²) in [6.45, 7) is 2.69. The van der Waals surface area contributed by atoms with Gasteiger partial charge in [0.15, 0.2) is 5.76 Å². The average Bonchev–Trinajstić information content (AvgIpc) is 2.69. The average molecular weight is 402 g/mol. The van der Waals surface area contributed by atoms with Crippen molar-refractivity contribution in [3.63, 3.8) is 0 Å². The van der Waals surface area contributed by atoms with Gasteiger partial charge in [-0.25, -0.2) is 0 Å². The maximum absolute atomic E-state index is 11.4. The normalized spacial score (nSPS) is 12.1. The van der Waals surface area contributed by atoms with Crippen molar-refractivity contribution in [3.05, 3.63) is 36.1 Å². The van der Waals surface area contributed by atoms with Gasteiger partial charge >= 0.3 is 11.9 Å². The third kappa shape index (κ3) is 18.3. The molecule has 0 aromatic heterocycles. The van der Waals surface area contributed by atoms with E-state index in [0.717, 1.165) is 19.3 Å². The van der Waals surface area contributed by atoms with Gasteiger partial charge in [0.05, 0.1) is 13.0 Å². The molecule has 0 aliphatic heterocycles. The fraction of sp³-hybridized carbons (Fsp3) is 0.478. The van der Waals surface area contributed by atoms with Crippen molar-refractivity contribution >= 4 is 11.9 Å². The van der Waals surface area contributed by atoms with Crippen LogP contribution in [0.4, 0.5) is 0 Å². The molecule has 0 radical (unpaired) electrons. The lowest BCUT2D eigenvalue weighted by Crippen LogP contribution is -2.21. The van der Waals surface area contributed by atoms with Crippen LogP contribution in [0.5, 0.6) is 0 Å². The number of ether oxygens (including phenoxy) is 2. The summed E-state index contributed by atoms with van der Waals surface area (Å²) in [5, 5.41) is 17.7. The Morgan fingerprint density at radius 1 is 1.10 bits per heavy atom. The van der Waals surface area contributed by atoms with Crippen LogP contribution in [0.2, 0.25) is 0 Å². The summed E-state index contributed by atoms with van der Waals surface area (Å²) in [5.74, 6) is 9.86. The molecule has 6 heteroatoms. The SMILES string of the molecule is CC/C=C\C/C=C\CC/C=C(\C#CC#CCCC(=O)OC[C@@H](O)CO)OC(C)=O. The maximum Gasteiger partial charge on any atom is 0.308 e. The molecule has 0 fully saturated rings. The minimum atomic E-state index is -1.07. The van der Waals surface area contributed by atoms with Crippen molar-refractivity contribution in [2.24, 2.45) is 0 Å². The van der Waals surface area contributed by atoms with E-state index in [0.29, 0.717) is 6.42 Å². The lowest BCUT2D eigenvalue weighted by molar-refractivity contribution is -0.147.